The second-order valence-electron chi connectivity index (χ2n) is 8.77. The van der Waals surface area contributed by atoms with Crippen molar-refractivity contribution in [2.45, 2.75) is 78.8 Å². The third kappa shape index (κ3) is 6.37. The first-order valence-corrected chi connectivity index (χ1v) is 12.6. The summed E-state index contributed by atoms with van der Waals surface area (Å²) in [6.45, 7) is 11.5. The zero-order valence-electron chi connectivity index (χ0n) is 21.3. The molecule has 0 saturated heterocycles. The highest BCUT2D eigenvalue weighted by atomic mass is 16.5. The highest BCUT2D eigenvalue weighted by Gasteiger charge is 2.28. The summed E-state index contributed by atoms with van der Waals surface area (Å²) >= 11 is 0. The molecular weight excluding hydrogens is 430 g/mol. The molecule has 0 N–H and O–H groups in total. The first kappa shape index (κ1) is 25.7. The molecule has 2 aromatic rings. The molecule has 3 rings (SSSR count). The minimum Gasteiger partial charge on any atom is -0.490 e. The lowest BCUT2D eigenvalue weighted by Gasteiger charge is -2.37. The Labute approximate surface area is 204 Å². The summed E-state index contributed by atoms with van der Waals surface area (Å²) < 4.78 is 23.4. The molecule has 0 heterocycles. The molecule has 186 valence electrons. The Morgan fingerprint density at radius 3 is 1.91 bits per heavy atom. The van der Waals surface area contributed by atoms with Gasteiger partial charge in [-0.05, 0) is 71.7 Å². The van der Waals surface area contributed by atoms with Gasteiger partial charge < -0.3 is 23.8 Å². The van der Waals surface area contributed by atoms with E-state index in [1.807, 2.05) is 45.0 Å². The maximum absolute atomic E-state index is 13.3. The Kier molecular flexibility index (Phi) is 9.49. The average molecular weight is 470 g/mol. The van der Waals surface area contributed by atoms with Gasteiger partial charge in [-0.25, -0.2) is 0 Å². The number of rotatable bonds is 11. The molecule has 1 aliphatic rings. The number of carbonyl (C=O) groups excluding carboxylic acids is 1. The lowest BCUT2D eigenvalue weighted by atomic mass is 9.93. The van der Waals surface area contributed by atoms with E-state index < -0.39 is 0 Å². The average Bonchev–Trinajstić information content (AvgIpc) is 2.82. The Morgan fingerprint density at radius 1 is 0.853 bits per heavy atom. The lowest BCUT2D eigenvalue weighted by molar-refractivity contribution is 0.0555. The zero-order valence-corrected chi connectivity index (χ0v) is 21.3. The maximum atomic E-state index is 13.3. The predicted octanol–water partition coefficient (Wildman–Crippen LogP) is 6.86. The quantitative estimate of drug-likeness (QED) is 0.360. The highest BCUT2D eigenvalue weighted by Crippen LogP contribution is 2.42. The molecule has 34 heavy (non-hydrogen) atoms. The van der Waals surface area contributed by atoms with Crippen molar-refractivity contribution in [1.82, 2.24) is 4.90 Å². The van der Waals surface area contributed by atoms with E-state index in [0.717, 1.165) is 12.8 Å². The van der Waals surface area contributed by atoms with E-state index in [9.17, 15) is 4.79 Å². The van der Waals surface area contributed by atoms with Crippen LogP contribution in [0, 0.1) is 0 Å². The van der Waals surface area contributed by atoms with Gasteiger partial charge in [0.25, 0.3) is 5.91 Å². The van der Waals surface area contributed by atoms with Crippen molar-refractivity contribution in [2.75, 3.05) is 19.8 Å². The summed E-state index contributed by atoms with van der Waals surface area (Å²) in [5.41, 5.74) is 0.684. The number of carbonyl (C=O) groups is 1. The number of ether oxygens (including phenoxy) is 4. The Morgan fingerprint density at radius 2 is 1.41 bits per heavy atom. The fraction of sp³-hybridized carbons (Fsp3) is 0.536. The van der Waals surface area contributed by atoms with Crippen LogP contribution in [0.4, 0.5) is 0 Å². The largest absolute Gasteiger partial charge is 0.490 e. The van der Waals surface area contributed by atoms with Gasteiger partial charge in [-0.2, -0.15) is 0 Å². The first-order valence-electron chi connectivity index (χ1n) is 12.6. The third-order valence-corrected chi connectivity index (χ3v) is 5.98. The summed E-state index contributed by atoms with van der Waals surface area (Å²) in [6, 6.07) is 11.5. The van der Waals surface area contributed by atoms with E-state index in [0.29, 0.717) is 60.2 Å². The van der Waals surface area contributed by atoms with Gasteiger partial charge in [0, 0.05) is 29.8 Å². The maximum Gasteiger partial charge on any atom is 0.254 e. The van der Waals surface area contributed by atoms with E-state index in [2.05, 4.69) is 18.7 Å². The molecule has 1 amide bonds. The Balaban J connectivity index is 1.80. The summed E-state index contributed by atoms with van der Waals surface area (Å²) in [6.07, 6.45) is 5.84. The van der Waals surface area contributed by atoms with Gasteiger partial charge in [-0.1, -0.05) is 19.3 Å². The van der Waals surface area contributed by atoms with Gasteiger partial charge in [-0.3, -0.25) is 4.79 Å². The summed E-state index contributed by atoms with van der Waals surface area (Å²) in [7, 11) is 0. The van der Waals surface area contributed by atoms with Crippen molar-refractivity contribution < 1.29 is 23.7 Å². The molecule has 6 nitrogen and oxygen atoms in total. The summed E-state index contributed by atoms with van der Waals surface area (Å²) in [5.74, 6) is 3.05. The van der Waals surface area contributed by atoms with E-state index in [1.54, 1.807) is 12.1 Å². The number of amides is 1. The first-order chi connectivity index (χ1) is 16.5. The van der Waals surface area contributed by atoms with Crippen LogP contribution < -0.4 is 18.9 Å². The SMILES string of the molecule is CCOc1cc(Oc2ccc(C(=O)N(C(C)C)C3CCCCC3)cc2)cc(OCC)c1OCC. The summed E-state index contributed by atoms with van der Waals surface area (Å²) in [4.78, 5) is 15.4. The number of nitrogens with zero attached hydrogens (tertiary/aromatic N) is 1. The van der Waals surface area contributed by atoms with Gasteiger partial charge >= 0.3 is 0 Å². The van der Waals surface area contributed by atoms with Crippen LogP contribution in [-0.4, -0.2) is 42.7 Å². The molecule has 1 fully saturated rings. The van der Waals surface area contributed by atoms with Crippen LogP contribution in [-0.2, 0) is 0 Å². The number of hydrogen-bond donors (Lipinski definition) is 0. The van der Waals surface area contributed by atoms with E-state index in [4.69, 9.17) is 18.9 Å². The predicted molar refractivity (Wildman–Crippen MR) is 135 cm³/mol. The molecule has 0 atom stereocenters. The lowest BCUT2D eigenvalue weighted by Crippen LogP contribution is -2.45. The fourth-order valence-electron chi connectivity index (χ4n) is 4.56. The van der Waals surface area contributed by atoms with E-state index in [1.165, 1.54) is 19.3 Å². The molecule has 0 aliphatic heterocycles. The van der Waals surface area contributed by atoms with Crippen LogP contribution in [0.15, 0.2) is 36.4 Å². The second kappa shape index (κ2) is 12.5. The Hall–Kier alpha value is -2.89. The van der Waals surface area contributed by atoms with Crippen LogP contribution >= 0.6 is 0 Å². The molecule has 0 radical (unpaired) electrons. The minimum absolute atomic E-state index is 0.0896. The third-order valence-electron chi connectivity index (χ3n) is 5.98. The van der Waals surface area contributed by atoms with E-state index >= 15 is 0 Å². The molecule has 0 unspecified atom stereocenters. The van der Waals surface area contributed by atoms with Crippen molar-refractivity contribution >= 4 is 5.91 Å². The van der Waals surface area contributed by atoms with Gasteiger partial charge in [0.15, 0.2) is 11.5 Å². The van der Waals surface area contributed by atoms with Gasteiger partial charge in [0.05, 0.1) is 19.8 Å². The van der Waals surface area contributed by atoms with Crippen molar-refractivity contribution in [2.24, 2.45) is 0 Å². The zero-order chi connectivity index (χ0) is 24.5. The van der Waals surface area contributed by atoms with Gasteiger partial charge in [0.1, 0.15) is 11.5 Å². The minimum atomic E-state index is 0.0896. The van der Waals surface area contributed by atoms with Crippen LogP contribution in [0.5, 0.6) is 28.7 Å². The second-order valence-corrected chi connectivity index (χ2v) is 8.77. The van der Waals surface area contributed by atoms with Crippen LogP contribution in [0.3, 0.4) is 0 Å². The van der Waals surface area contributed by atoms with Gasteiger partial charge in [0.2, 0.25) is 5.75 Å². The van der Waals surface area contributed by atoms with Crippen molar-refractivity contribution in [3.05, 3.63) is 42.0 Å². The molecule has 0 aromatic heterocycles. The van der Waals surface area contributed by atoms with Gasteiger partial charge in [-0.15, -0.1) is 0 Å². The molecule has 0 spiro atoms. The highest BCUT2D eigenvalue weighted by molar-refractivity contribution is 5.94. The van der Waals surface area contributed by atoms with Crippen LogP contribution in [0.25, 0.3) is 0 Å². The molecule has 1 aliphatic carbocycles. The fourth-order valence-corrected chi connectivity index (χ4v) is 4.56. The molecule has 1 saturated carbocycles. The molecule has 6 heteroatoms. The monoisotopic (exact) mass is 469 g/mol. The smallest absolute Gasteiger partial charge is 0.254 e. The molecule has 2 aromatic carbocycles. The normalized spacial score (nSPS) is 14.1. The summed E-state index contributed by atoms with van der Waals surface area (Å²) in [5, 5.41) is 0. The van der Waals surface area contributed by atoms with Crippen molar-refractivity contribution in [3.8, 4) is 28.7 Å². The van der Waals surface area contributed by atoms with E-state index in [-0.39, 0.29) is 11.9 Å². The van der Waals surface area contributed by atoms with Crippen molar-refractivity contribution in [1.29, 1.82) is 0 Å². The van der Waals surface area contributed by atoms with Crippen LogP contribution in [0.2, 0.25) is 0 Å². The number of benzene rings is 2. The molecular formula is C28H39NO5. The Bertz CT molecular complexity index is 892. The molecule has 0 bridgehead atoms. The standard InChI is InChI=1S/C28H39NO5/c1-6-31-25-18-24(19-26(32-7-2)27(25)33-8-3)34-23-16-14-21(15-17-23)28(30)29(20(4)5)22-12-10-9-11-13-22/h14-20,22H,6-13H2,1-5H3. The van der Waals surface area contributed by atoms with Crippen LogP contribution in [0.1, 0.15) is 77.1 Å². The number of hydrogen-bond acceptors (Lipinski definition) is 5. The van der Waals surface area contributed by atoms with Crippen molar-refractivity contribution in [3.63, 3.8) is 0 Å². The topological polar surface area (TPSA) is 57.2 Å².